The van der Waals surface area contributed by atoms with Crippen LogP contribution < -0.4 is 0 Å². The highest BCUT2D eigenvalue weighted by Crippen LogP contribution is 2.35. The Morgan fingerprint density at radius 1 is 1.05 bits per heavy atom. The fourth-order valence-corrected chi connectivity index (χ4v) is 3.75. The maximum atomic E-state index is 6.66. The zero-order chi connectivity index (χ0) is 13.7. The van der Waals surface area contributed by atoms with Crippen molar-refractivity contribution in [2.75, 3.05) is 0 Å². The lowest BCUT2D eigenvalue weighted by Gasteiger charge is -2.24. The summed E-state index contributed by atoms with van der Waals surface area (Å²) in [6.45, 7) is 4.47. The highest BCUT2D eigenvalue weighted by molar-refractivity contribution is 6.20. The molecule has 0 nitrogen and oxygen atoms in total. The summed E-state index contributed by atoms with van der Waals surface area (Å²) in [6, 6.07) is 6.88. The average Bonchev–Trinajstić information content (AvgIpc) is 2.47. The van der Waals surface area contributed by atoms with Crippen LogP contribution in [0.15, 0.2) is 18.2 Å². The molecule has 0 radical (unpaired) electrons. The van der Waals surface area contributed by atoms with E-state index < -0.39 is 0 Å². The SMILES string of the molecule is CCc1ccc(C(Cl)CC2CCCCC2)cc1CC. The topological polar surface area (TPSA) is 0 Å². The van der Waals surface area contributed by atoms with Crippen LogP contribution in [-0.4, -0.2) is 0 Å². The summed E-state index contributed by atoms with van der Waals surface area (Å²) in [6.07, 6.45) is 10.4. The second-order valence-corrected chi connectivity index (χ2v) is 6.47. The van der Waals surface area contributed by atoms with Gasteiger partial charge in [0.05, 0.1) is 5.38 Å². The molecule has 1 atom stereocenters. The maximum Gasteiger partial charge on any atom is 0.0588 e. The van der Waals surface area contributed by atoms with Crippen molar-refractivity contribution in [1.82, 2.24) is 0 Å². The van der Waals surface area contributed by atoms with E-state index in [9.17, 15) is 0 Å². The van der Waals surface area contributed by atoms with Crippen molar-refractivity contribution in [1.29, 1.82) is 0 Å². The molecule has 1 saturated carbocycles. The predicted molar refractivity (Wildman–Crippen MR) is 85.0 cm³/mol. The molecule has 106 valence electrons. The van der Waals surface area contributed by atoms with Gasteiger partial charge in [-0.3, -0.25) is 0 Å². The molecule has 1 unspecified atom stereocenters. The first kappa shape index (κ1) is 14.9. The van der Waals surface area contributed by atoms with Crippen molar-refractivity contribution in [2.45, 2.75) is 70.6 Å². The molecule has 1 aromatic carbocycles. The zero-order valence-electron chi connectivity index (χ0n) is 12.4. The molecule has 19 heavy (non-hydrogen) atoms. The van der Waals surface area contributed by atoms with E-state index in [1.54, 1.807) is 0 Å². The summed E-state index contributed by atoms with van der Waals surface area (Å²) in [5.74, 6) is 0.854. The number of benzene rings is 1. The highest BCUT2D eigenvalue weighted by Gasteiger charge is 2.19. The molecule has 0 N–H and O–H groups in total. The third-order valence-corrected chi connectivity index (χ3v) is 5.05. The normalized spacial score (nSPS) is 18.5. The van der Waals surface area contributed by atoms with Crippen molar-refractivity contribution in [3.63, 3.8) is 0 Å². The smallest absolute Gasteiger partial charge is 0.0588 e. The molecule has 0 saturated heterocycles. The van der Waals surface area contributed by atoms with Gasteiger partial charge in [-0.25, -0.2) is 0 Å². The van der Waals surface area contributed by atoms with E-state index in [1.807, 2.05) is 0 Å². The Balaban J connectivity index is 2.03. The van der Waals surface area contributed by atoms with Gasteiger partial charge < -0.3 is 0 Å². The Bertz CT molecular complexity index is 391. The molecule has 1 aliphatic carbocycles. The minimum Gasteiger partial charge on any atom is -0.118 e. The molecular weight excluding hydrogens is 252 g/mol. The van der Waals surface area contributed by atoms with Crippen LogP contribution in [0.3, 0.4) is 0 Å². The monoisotopic (exact) mass is 278 g/mol. The second kappa shape index (κ2) is 7.33. The van der Waals surface area contributed by atoms with Gasteiger partial charge in [-0.2, -0.15) is 0 Å². The largest absolute Gasteiger partial charge is 0.118 e. The maximum absolute atomic E-state index is 6.66. The molecule has 0 bridgehead atoms. The Morgan fingerprint density at radius 3 is 2.37 bits per heavy atom. The third kappa shape index (κ3) is 3.99. The van der Waals surface area contributed by atoms with Crippen LogP contribution in [0.4, 0.5) is 0 Å². The molecule has 0 amide bonds. The van der Waals surface area contributed by atoms with Crippen LogP contribution in [0.1, 0.15) is 74.4 Å². The van der Waals surface area contributed by atoms with Gasteiger partial charge >= 0.3 is 0 Å². The minimum absolute atomic E-state index is 0.208. The van der Waals surface area contributed by atoms with Gasteiger partial charge in [-0.1, -0.05) is 64.2 Å². The number of rotatable bonds is 5. The molecular formula is C18H27Cl. The van der Waals surface area contributed by atoms with Crippen molar-refractivity contribution in [3.8, 4) is 0 Å². The lowest BCUT2D eigenvalue weighted by molar-refractivity contribution is 0.336. The van der Waals surface area contributed by atoms with E-state index in [0.29, 0.717) is 0 Å². The summed E-state index contributed by atoms with van der Waals surface area (Å²) in [5, 5.41) is 0.208. The fourth-order valence-electron chi connectivity index (χ4n) is 3.37. The van der Waals surface area contributed by atoms with Crippen molar-refractivity contribution in [3.05, 3.63) is 34.9 Å². The number of halogens is 1. The van der Waals surface area contributed by atoms with E-state index in [-0.39, 0.29) is 5.38 Å². The Hall–Kier alpha value is -0.490. The highest BCUT2D eigenvalue weighted by atomic mass is 35.5. The summed E-state index contributed by atoms with van der Waals surface area (Å²) < 4.78 is 0. The van der Waals surface area contributed by atoms with Crippen LogP contribution in [-0.2, 0) is 12.8 Å². The number of hydrogen-bond acceptors (Lipinski definition) is 0. The van der Waals surface area contributed by atoms with Crippen LogP contribution in [0.25, 0.3) is 0 Å². The third-order valence-electron chi connectivity index (χ3n) is 4.62. The molecule has 0 heterocycles. The lowest BCUT2D eigenvalue weighted by atomic mass is 9.84. The zero-order valence-corrected chi connectivity index (χ0v) is 13.2. The second-order valence-electron chi connectivity index (χ2n) is 5.94. The van der Waals surface area contributed by atoms with Crippen molar-refractivity contribution < 1.29 is 0 Å². The van der Waals surface area contributed by atoms with Gasteiger partial charge in [-0.15, -0.1) is 11.6 Å². The lowest BCUT2D eigenvalue weighted by Crippen LogP contribution is -2.09. The molecule has 0 aromatic heterocycles. The standard InChI is InChI=1S/C18H27Cl/c1-3-15-10-11-17(13-16(15)4-2)18(19)12-14-8-6-5-7-9-14/h10-11,13-14,18H,3-9,12H2,1-2H3. The van der Waals surface area contributed by atoms with E-state index in [4.69, 9.17) is 11.6 Å². The van der Waals surface area contributed by atoms with Gasteiger partial charge in [0.2, 0.25) is 0 Å². The minimum atomic E-state index is 0.208. The van der Waals surface area contributed by atoms with Gasteiger partial charge in [0.25, 0.3) is 0 Å². The van der Waals surface area contributed by atoms with Gasteiger partial charge in [0, 0.05) is 0 Å². The van der Waals surface area contributed by atoms with E-state index in [0.717, 1.165) is 25.2 Å². The van der Waals surface area contributed by atoms with Crippen LogP contribution >= 0.6 is 11.6 Å². The molecule has 0 aliphatic heterocycles. The number of hydrogen-bond donors (Lipinski definition) is 0. The summed E-state index contributed by atoms with van der Waals surface area (Å²) in [5.41, 5.74) is 4.29. The summed E-state index contributed by atoms with van der Waals surface area (Å²) in [7, 11) is 0. The van der Waals surface area contributed by atoms with Crippen LogP contribution in [0.5, 0.6) is 0 Å². The average molecular weight is 279 g/mol. The molecule has 1 aromatic rings. The van der Waals surface area contributed by atoms with Gasteiger partial charge in [0.15, 0.2) is 0 Å². The first-order valence-electron chi connectivity index (χ1n) is 8.00. The fraction of sp³-hybridized carbons (Fsp3) is 0.667. The van der Waals surface area contributed by atoms with Gasteiger partial charge in [-0.05, 0) is 41.9 Å². The van der Waals surface area contributed by atoms with Crippen molar-refractivity contribution >= 4 is 11.6 Å². The predicted octanol–water partition coefficient (Wildman–Crippen LogP) is 6.06. The van der Waals surface area contributed by atoms with E-state index in [1.165, 1.54) is 48.8 Å². The van der Waals surface area contributed by atoms with E-state index in [2.05, 4.69) is 32.0 Å². The first-order valence-corrected chi connectivity index (χ1v) is 8.44. The Kier molecular flexibility index (Phi) is 5.76. The van der Waals surface area contributed by atoms with Gasteiger partial charge in [0.1, 0.15) is 0 Å². The first-order chi connectivity index (χ1) is 9.24. The molecule has 1 fully saturated rings. The van der Waals surface area contributed by atoms with Crippen LogP contribution in [0, 0.1) is 5.92 Å². The quantitative estimate of drug-likeness (QED) is 0.574. The van der Waals surface area contributed by atoms with Crippen molar-refractivity contribution in [2.24, 2.45) is 5.92 Å². The van der Waals surface area contributed by atoms with Crippen LogP contribution in [0.2, 0.25) is 0 Å². The molecule has 1 aliphatic rings. The Labute approximate surface area is 123 Å². The molecule has 0 spiro atoms. The molecule has 2 rings (SSSR count). The Morgan fingerprint density at radius 2 is 1.74 bits per heavy atom. The molecule has 1 heteroatoms. The van der Waals surface area contributed by atoms with E-state index >= 15 is 0 Å². The summed E-state index contributed by atoms with van der Waals surface area (Å²) in [4.78, 5) is 0. The number of aryl methyl sites for hydroxylation is 2. The summed E-state index contributed by atoms with van der Waals surface area (Å²) >= 11 is 6.66. The number of alkyl halides is 1.